The zero-order valence-corrected chi connectivity index (χ0v) is 12.4. The fourth-order valence-electron chi connectivity index (χ4n) is 1.51. The Bertz CT molecular complexity index is 451. The first-order valence-electron chi connectivity index (χ1n) is 6.47. The van der Waals surface area contributed by atoms with Gasteiger partial charge in [0.05, 0.1) is 11.3 Å². The van der Waals surface area contributed by atoms with Crippen molar-refractivity contribution in [2.45, 2.75) is 34.6 Å². The summed E-state index contributed by atoms with van der Waals surface area (Å²) in [4.78, 5) is 16.2. The van der Waals surface area contributed by atoms with Crippen LogP contribution in [0.25, 0.3) is 0 Å². The highest BCUT2D eigenvalue weighted by atomic mass is 16.1. The normalized spacial score (nSPS) is 12.9. The summed E-state index contributed by atoms with van der Waals surface area (Å²) >= 11 is 0. The molecule has 1 rings (SSSR count). The van der Waals surface area contributed by atoms with E-state index in [0.29, 0.717) is 23.7 Å². The van der Waals surface area contributed by atoms with E-state index >= 15 is 0 Å². The molecule has 1 unspecified atom stereocenters. The molecule has 0 saturated heterocycles. The van der Waals surface area contributed by atoms with E-state index in [1.807, 2.05) is 6.92 Å². The first-order chi connectivity index (χ1) is 8.75. The van der Waals surface area contributed by atoms with Crippen molar-refractivity contribution in [3.05, 3.63) is 23.5 Å². The molecule has 1 amide bonds. The summed E-state index contributed by atoms with van der Waals surface area (Å²) in [6.45, 7) is 11.1. The van der Waals surface area contributed by atoms with Crippen molar-refractivity contribution in [1.82, 2.24) is 10.3 Å². The quantitative estimate of drug-likeness (QED) is 0.574. The van der Waals surface area contributed by atoms with Crippen molar-refractivity contribution >= 4 is 11.6 Å². The van der Waals surface area contributed by atoms with Crippen LogP contribution in [0.15, 0.2) is 12.3 Å². The third-order valence-corrected chi connectivity index (χ3v) is 3.49. The van der Waals surface area contributed by atoms with Crippen LogP contribution in [0.2, 0.25) is 0 Å². The number of hydrazine groups is 1. The number of hydrogen-bond donors (Lipinski definition) is 3. The predicted molar refractivity (Wildman–Crippen MR) is 77.7 cm³/mol. The van der Waals surface area contributed by atoms with Gasteiger partial charge in [0.1, 0.15) is 0 Å². The SMILES string of the molecule is Cc1cc(NN)c(C(=O)NCC(C)C(C)(C)C)cn1. The zero-order chi connectivity index (χ0) is 14.6. The van der Waals surface area contributed by atoms with Gasteiger partial charge in [0.2, 0.25) is 0 Å². The summed E-state index contributed by atoms with van der Waals surface area (Å²) in [6.07, 6.45) is 1.54. The molecule has 0 aromatic carbocycles. The Morgan fingerprint density at radius 3 is 2.63 bits per heavy atom. The van der Waals surface area contributed by atoms with Crippen molar-refractivity contribution < 1.29 is 4.79 Å². The lowest BCUT2D eigenvalue weighted by Gasteiger charge is -2.27. The second-order valence-electron chi connectivity index (χ2n) is 5.99. The number of nitrogens with one attached hydrogen (secondary N) is 2. The Hall–Kier alpha value is -1.62. The zero-order valence-electron chi connectivity index (χ0n) is 12.4. The van der Waals surface area contributed by atoms with Crippen LogP contribution in [0.3, 0.4) is 0 Å². The molecule has 0 aliphatic rings. The van der Waals surface area contributed by atoms with Crippen molar-refractivity contribution in [1.29, 1.82) is 0 Å². The van der Waals surface area contributed by atoms with Gasteiger partial charge in [-0.25, -0.2) is 0 Å². The van der Waals surface area contributed by atoms with E-state index in [-0.39, 0.29) is 11.3 Å². The smallest absolute Gasteiger partial charge is 0.255 e. The number of nitrogens with two attached hydrogens (primary N) is 1. The largest absolute Gasteiger partial charge is 0.352 e. The molecule has 4 N–H and O–H groups in total. The number of aryl methyl sites for hydroxylation is 1. The Balaban J connectivity index is 2.74. The van der Waals surface area contributed by atoms with Crippen LogP contribution < -0.4 is 16.6 Å². The van der Waals surface area contributed by atoms with Crippen LogP contribution >= 0.6 is 0 Å². The third-order valence-electron chi connectivity index (χ3n) is 3.49. The lowest BCUT2D eigenvalue weighted by molar-refractivity contribution is 0.0937. The van der Waals surface area contributed by atoms with E-state index in [1.165, 1.54) is 0 Å². The van der Waals surface area contributed by atoms with Gasteiger partial charge >= 0.3 is 0 Å². The maximum absolute atomic E-state index is 12.1. The molecule has 5 heteroatoms. The molecule has 0 spiro atoms. The van der Waals surface area contributed by atoms with Crippen LogP contribution in [0.4, 0.5) is 5.69 Å². The van der Waals surface area contributed by atoms with Crippen molar-refractivity contribution in [2.24, 2.45) is 17.2 Å². The van der Waals surface area contributed by atoms with Gasteiger partial charge in [-0.2, -0.15) is 0 Å². The lowest BCUT2D eigenvalue weighted by Crippen LogP contribution is -2.34. The minimum Gasteiger partial charge on any atom is -0.352 e. The second-order valence-corrected chi connectivity index (χ2v) is 5.99. The number of amides is 1. The van der Waals surface area contributed by atoms with E-state index in [9.17, 15) is 4.79 Å². The number of aromatic nitrogens is 1. The Morgan fingerprint density at radius 1 is 1.47 bits per heavy atom. The molecule has 19 heavy (non-hydrogen) atoms. The van der Waals surface area contributed by atoms with Crippen LogP contribution in [0.5, 0.6) is 0 Å². The van der Waals surface area contributed by atoms with Crippen molar-refractivity contribution in [3.8, 4) is 0 Å². The molecular formula is C14H24N4O. The highest BCUT2D eigenvalue weighted by Crippen LogP contribution is 2.24. The minimum absolute atomic E-state index is 0.156. The lowest BCUT2D eigenvalue weighted by atomic mass is 9.82. The van der Waals surface area contributed by atoms with Gasteiger partial charge in [-0.3, -0.25) is 15.6 Å². The van der Waals surface area contributed by atoms with Crippen LogP contribution in [0, 0.1) is 18.3 Å². The maximum atomic E-state index is 12.1. The molecule has 1 atom stereocenters. The third kappa shape index (κ3) is 4.21. The summed E-state index contributed by atoms with van der Waals surface area (Å²) in [6, 6.07) is 1.75. The van der Waals surface area contributed by atoms with Gasteiger partial charge in [-0.05, 0) is 24.3 Å². The number of carbonyl (C=O) groups is 1. The van der Waals surface area contributed by atoms with Crippen LogP contribution in [-0.2, 0) is 0 Å². The van der Waals surface area contributed by atoms with Crippen molar-refractivity contribution in [2.75, 3.05) is 12.0 Å². The number of anilines is 1. The molecule has 1 aromatic heterocycles. The van der Waals surface area contributed by atoms with Gasteiger partial charge in [0.25, 0.3) is 5.91 Å². The molecule has 106 valence electrons. The van der Waals surface area contributed by atoms with Crippen LogP contribution in [0.1, 0.15) is 43.7 Å². The highest BCUT2D eigenvalue weighted by molar-refractivity contribution is 5.99. The Morgan fingerprint density at radius 2 is 2.11 bits per heavy atom. The van der Waals surface area contributed by atoms with E-state index in [0.717, 1.165) is 5.69 Å². The first-order valence-corrected chi connectivity index (χ1v) is 6.47. The number of pyridine rings is 1. The summed E-state index contributed by atoms with van der Waals surface area (Å²) in [5.41, 5.74) is 4.57. The predicted octanol–water partition coefficient (Wildman–Crippen LogP) is 2.09. The average molecular weight is 264 g/mol. The van der Waals surface area contributed by atoms with Gasteiger partial charge in [0, 0.05) is 18.4 Å². The van der Waals surface area contributed by atoms with Crippen molar-refractivity contribution in [3.63, 3.8) is 0 Å². The molecule has 0 radical (unpaired) electrons. The van der Waals surface area contributed by atoms with E-state index in [2.05, 4.69) is 43.4 Å². The van der Waals surface area contributed by atoms with E-state index in [1.54, 1.807) is 12.3 Å². The maximum Gasteiger partial charge on any atom is 0.255 e. The number of rotatable bonds is 4. The average Bonchev–Trinajstić information content (AvgIpc) is 2.33. The van der Waals surface area contributed by atoms with Gasteiger partial charge in [-0.15, -0.1) is 0 Å². The molecule has 0 fully saturated rings. The number of nitrogen functional groups attached to an aromatic ring is 1. The van der Waals surface area contributed by atoms with E-state index in [4.69, 9.17) is 5.84 Å². The minimum atomic E-state index is -0.156. The fourth-order valence-corrected chi connectivity index (χ4v) is 1.51. The molecule has 0 bridgehead atoms. The summed E-state index contributed by atoms with van der Waals surface area (Å²) in [7, 11) is 0. The van der Waals surface area contributed by atoms with Gasteiger partial charge in [0.15, 0.2) is 0 Å². The van der Waals surface area contributed by atoms with E-state index < -0.39 is 0 Å². The summed E-state index contributed by atoms with van der Waals surface area (Å²) in [5, 5.41) is 2.92. The highest BCUT2D eigenvalue weighted by Gasteiger charge is 2.21. The topological polar surface area (TPSA) is 80.0 Å². The molecule has 0 aliphatic heterocycles. The Kier molecular flexibility index (Phi) is 4.89. The molecule has 1 heterocycles. The van der Waals surface area contributed by atoms with Crippen LogP contribution in [-0.4, -0.2) is 17.4 Å². The molecule has 5 nitrogen and oxygen atoms in total. The molecular weight excluding hydrogens is 240 g/mol. The standard InChI is InChI=1S/C14H24N4O/c1-9(14(3,4)5)7-17-13(19)11-8-16-10(2)6-12(11)18-15/h6,8-9H,7,15H2,1-5H3,(H,16,18)(H,17,19). The summed E-state index contributed by atoms with van der Waals surface area (Å²) in [5.74, 6) is 5.65. The number of nitrogens with zero attached hydrogens (tertiary/aromatic N) is 1. The summed E-state index contributed by atoms with van der Waals surface area (Å²) < 4.78 is 0. The van der Waals surface area contributed by atoms with Gasteiger partial charge in [-0.1, -0.05) is 27.7 Å². The Labute approximate surface area is 115 Å². The fraction of sp³-hybridized carbons (Fsp3) is 0.571. The number of hydrogen-bond acceptors (Lipinski definition) is 4. The first kappa shape index (κ1) is 15.4. The van der Waals surface area contributed by atoms with Gasteiger partial charge < -0.3 is 10.7 Å². The molecule has 1 aromatic rings. The second kappa shape index (κ2) is 6.02. The molecule has 0 aliphatic carbocycles. The monoisotopic (exact) mass is 264 g/mol. The number of carbonyl (C=O) groups excluding carboxylic acids is 1. The molecule has 0 saturated carbocycles.